The minimum atomic E-state index is -3.92. The van der Waals surface area contributed by atoms with Crippen molar-refractivity contribution in [1.29, 1.82) is 0 Å². The Balaban J connectivity index is 2.50. The van der Waals surface area contributed by atoms with Gasteiger partial charge in [0.05, 0.1) is 17.0 Å². The van der Waals surface area contributed by atoms with Crippen LogP contribution in [0.3, 0.4) is 0 Å². The van der Waals surface area contributed by atoms with E-state index in [0.717, 1.165) is 4.31 Å². The zero-order chi connectivity index (χ0) is 16.5. The second kappa shape index (κ2) is 6.44. The van der Waals surface area contributed by atoms with Crippen molar-refractivity contribution in [3.63, 3.8) is 0 Å². The van der Waals surface area contributed by atoms with Crippen LogP contribution in [0, 0.1) is 6.92 Å². The van der Waals surface area contributed by atoms with Gasteiger partial charge in [0.1, 0.15) is 11.8 Å². The summed E-state index contributed by atoms with van der Waals surface area (Å²) in [5.41, 5.74) is 0.468. The van der Waals surface area contributed by atoms with Crippen molar-refractivity contribution in [3.8, 4) is 5.75 Å². The number of carbonyl (C=O) groups is 1. The normalized spacial score (nSPS) is 19.9. The highest BCUT2D eigenvalue weighted by Crippen LogP contribution is 2.33. The van der Waals surface area contributed by atoms with Crippen LogP contribution in [0.1, 0.15) is 24.8 Å². The molecule has 1 heterocycles. The summed E-state index contributed by atoms with van der Waals surface area (Å²) in [4.78, 5) is 11.4. The van der Waals surface area contributed by atoms with Gasteiger partial charge in [0.15, 0.2) is 0 Å². The number of carboxylic acid groups (broad SMARTS) is 1. The van der Waals surface area contributed by atoms with E-state index >= 15 is 0 Å². The second-order valence-electron chi connectivity index (χ2n) is 5.22. The van der Waals surface area contributed by atoms with E-state index in [0.29, 0.717) is 30.6 Å². The lowest BCUT2D eigenvalue weighted by molar-refractivity contribution is -0.142. The monoisotopic (exact) mass is 347 g/mol. The van der Waals surface area contributed by atoms with Crippen LogP contribution in [0.4, 0.5) is 0 Å². The maximum Gasteiger partial charge on any atom is 0.322 e. The summed E-state index contributed by atoms with van der Waals surface area (Å²) in [7, 11) is -2.48. The molecule has 0 aliphatic carbocycles. The van der Waals surface area contributed by atoms with E-state index in [1.165, 1.54) is 19.2 Å². The number of carboxylic acids is 1. The van der Waals surface area contributed by atoms with Gasteiger partial charge in [-0.2, -0.15) is 4.31 Å². The summed E-state index contributed by atoms with van der Waals surface area (Å²) in [6, 6.07) is 1.83. The number of rotatable bonds is 4. The highest BCUT2D eigenvalue weighted by atomic mass is 35.5. The van der Waals surface area contributed by atoms with E-state index in [2.05, 4.69) is 0 Å². The number of aliphatic carboxylic acids is 1. The molecule has 1 aromatic rings. The topological polar surface area (TPSA) is 83.9 Å². The molecule has 1 atom stereocenters. The minimum Gasteiger partial charge on any atom is -0.495 e. The highest BCUT2D eigenvalue weighted by Gasteiger charge is 2.38. The van der Waals surface area contributed by atoms with Crippen molar-refractivity contribution in [2.45, 2.75) is 37.1 Å². The van der Waals surface area contributed by atoms with Crippen LogP contribution >= 0.6 is 11.6 Å². The Hall–Kier alpha value is -1.31. The van der Waals surface area contributed by atoms with E-state index in [4.69, 9.17) is 16.3 Å². The fourth-order valence-corrected chi connectivity index (χ4v) is 4.83. The van der Waals surface area contributed by atoms with Gasteiger partial charge < -0.3 is 9.84 Å². The molecule has 8 heteroatoms. The van der Waals surface area contributed by atoms with Gasteiger partial charge in [-0.1, -0.05) is 11.6 Å². The van der Waals surface area contributed by atoms with Crippen LogP contribution in [-0.4, -0.2) is 43.5 Å². The molecular formula is C14H18ClNO5S. The zero-order valence-electron chi connectivity index (χ0n) is 12.4. The van der Waals surface area contributed by atoms with Crippen LogP contribution < -0.4 is 4.74 Å². The predicted octanol–water partition coefficient (Wildman–Crippen LogP) is 2.28. The van der Waals surface area contributed by atoms with E-state index in [-0.39, 0.29) is 16.5 Å². The number of hydrogen-bond acceptors (Lipinski definition) is 4. The van der Waals surface area contributed by atoms with Crippen molar-refractivity contribution in [2.24, 2.45) is 0 Å². The van der Waals surface area contributed by atoms with Gasteiger partial charge in [-0.3, -0.25) is 4.79 Å². The molecule has 0 radical (unpaired) electrons. The third-order valence-corrected chi connectivity index (χ3v) is 6.12. The minimum absolute atomic E-state index is 0.0199. The van der Waals surface area contributed by atoms with Gasteiger partial charge in [0, 0.05) is 6.54 Å². The molecule has 1 unspecified atom stereocenters. The molecule has 122 valence electrons. The van der Waals surface area contributed by atoms with E-state index in [1.807, 2.05) is 0 Å². The van der Waals surface area contributed by atoms with E-state index in [1.54, 1.807) is 6.92 Å². The van der Waals surface area contributed by atoms with Gasteiger partial charge in [-0.25, -0.2) is 8.42 Å². The van der Waals surface area contributed by atoms with Gasteiger partial charge in [0.2, 0.25) is 10.0 Å². The van der Waals surface area contributed by atoms with Gasteiger partial charge in [-0.05, 0) is 43.9 Å². The zero-order valence-corrected chi connectivity index (χ0v) is 13.9. The van der Waals surface area contributed by atoms with Crippen LogP contribution in [0.2, 0.25) is 5.02 Å². The largest absolute Gasteiger partial charge is 0.495 e. The van der Waals surface area contributed by atoms with Gasteiger partial charge >= 0.3 is 5.97 Å². The highest BCUT2D eigenvalue weighted by molar-refractivity contribution is 7.89. The summed E-state index contributed by atoms with van der Waals surface area (Å²) in [6.07, 6.45) is 1.66. The first-order valence-electron chi connectivity index (χ1n) is 6.88. The molecule has 1 saturated heterocycles. The van der Waals surface area contributed by atoms with Crippen LogP contribution in [-0.2, 0) is 14.8 Å². The van der Waals surface area contributed by atoms with Gasteiger partial charge in [0.25, 0.3) is 0 Å². The SMILES string of the molecule is COc1cc(C)c(S(=O)(=O)N2CCCCC2C(=O)O)cc1Cl. The number of ether oxygens (including phenoxy) is 1. The number of benzene rings is 1. The average molecular weight is 348 g/mol. The van der Waals surface area contributed by atoms with Crippen molar-refractivity contribution in [1.82, 2.24) is 4.31 Å². The van der Waals surface area contributed by atoms with E-state index < -0.39 is 22.0 Å². The molecule has 1 N–H and O–H groups in total. The first kappa shape index (κ1) is 17.1. The van der Waals surface area contributed by atoms with Crippen molar-refractivity contribution >= 4 is 27.6 Å². The van der Waals surface area contributed by atoms with Gasteiger partial charge in [-0.15, -0.1) is 0 Å². The van der Waals surface area contributed by atoms with Crippen molar-refractivity contribution < 1.29 is 23.1 Å². The number of sulfonamides is 1. The second-order valence-corrected chi connectivity index (χ2v) is 7.48. The number of hydrogen-bond donors (Lipinski definition) is 1. The standard InChI is InChI=1S/C14H18ClNO5S/c1-9-7-12(21-2)10(15)8-13(9)22(19,20)16-6-4-3-5-11(16)14(17)18/h7-8,11H,3-6H2,1-2H3,(H,17,18). The fourth-order valence-electron chi connectivity index (χ4n) is 2.64. The van der Waals surface area contributed by atoms with Crippen molar-refractivity contribution in [3.05, 3.63) is 22.7 Å². The molecule has 0 amide bonds. The van der Waals surface area contributed by atoms with Crippen LogP contribution in [0.15, 0.2) is 17.0 Å². The maximum atomic E-state index is 12.8. The Kier molecular flexibility index (Phi) is 4.99. The molecule has 1 aliphatic heterocycles. The Bertz CT molecular complexity index is 689. The number of aryl methyl sites for hydroxylation is 1. The lowest BCUT2D eigenvalue weighted by Gasteiger charge is -2.32. The summed E-state index contributed by atoms with van der Waals surface area (Å²) in [5.74, 6) is -0.743. The molecule has 0 aromatic heterocycles. The first-order valence-corrected chi connectivity index (χ1v) is 8.69. The number of nitrogens with zero attached hydrogens (tertiary/aromatic N) is 1. The lowest BCUT2D eigenvalue weighted by atomic mass is 10.1. The quantitative estimate of drug-likeness (QED) is 0.903. The molecule has 0 bridgehead atoms. The third-order valence-electron chi connectivity index (χ3n) is 3.77. The molecule has 22 heavy (non-hydrogen) atoms. The molecule has 2 rings (SSSR count). The Morgan fingerprint density at radius 3 is 2.68 bits per heavy atom. The number of halogens is 1. The molecule has 6 nitrogen and oxygen atoms in total. The molecular weight excluding hydrogens is 330 g/mol. The number of piperidine rings is 1. The maximum absolute atomic E-state index is 12.8. The summed E-state index contributed by atoms with van der Waals surface area (Å²) in [5, 5.41) is 9.45. The lowest BCUT2D eigenvalue weighted by Crippen LogP contribution is -2.47. The molecule has 0 spiro atoms. The van der Waals surface area contributed by atoms with Crippen LogP contribution in [0.5, 0.6) is 5.75 Å². The molecule has 1 aromatic carbocycles. The Labute approximate surface area is 134 Å². The molecule has 1 fully saturated rings. The smallest absolute Gasteiger partial charge is 0.322 e. The Morgan fingerprint density at radius 1 is 1.41 bits per heavy atom. The Morgan fingerprint density at radius 2 is 2.09 bits per heavy atom. The average Bonchev–Trinajstić information content (AvgIpc) is 2.48. The van der Waals surface area contributed by atoms with E-state index in [9.17, 15) is 18.3 Å². The summed E-state index contributed by atoms with van der Waals surface area (Å²) in [6.45, 7) is 1.83. The fraction of sp³-hybridized carbons (Fsp3) is 0.500. The summed E-state index contributed by atoms with van der Waals surface area (Å²) >= 11 is 6.02. The number of methoxy groups -OCH3 is 1. The predicted molar refractivity (Wildman–Crippen MR) is 81.9 cm³/mol. The third kappa shape index (κ3) is 3.06. The molecule has 1 aliphatic rings. The molecule has 0 saturated carbocycles. The van der Waals surface area contributed by atoms with Crippen molar-refractivity contribution in [2.75, 3.05) is 13.7 Å². The van der Waals surface area contributed by atoms with Crippen LogP contribution in [0.25, 0.3) is 0 Å². The summed E-state index contributed by atoms with van der Waals surface area (Å²) < 4.78 is 31.8. The first-order chi connectivity index (χ1) is 10.3.